The van der Waals surface area contributed by atoms with Crippen LogP contribution in [0.4, 0.5) is 17.1 Å². The van der Waals surface area contributed by atoms with Gasteiger partial charge >= 0.3 is 29.6 Å². The summed E-state index contributed by atoms with van der Waals surface area (Å²) >= 11 is 1.82. The number of anilines is 3. The van der Waals surface area contributed by atoms with Crippen LogP contribution in [0.15, 0.2) is 52.3 Å². The van der Waals surface area contributed by atoms with Gasteiger partial charge in [0, 0.05) is 23.9 Å². The van der Waals surface area contributed by atoms with E-state index in [1.165, 1.54) is 26.9 Å². The molecule has 0 aliphatic carbocycles. The van der Waals surface area contributed by atoms with Crippen molar-refractivity contribution in [2.24, 2.45) is 0 Å². The molecule has 0 aromatic heterocycles. The third kappa shape index (κ3) is 2.41. The van der Waals surface area contributed by atoms with E-state index in [-0.39, 0.29) is 29.6 Å². The molecule has 18 heavy (non-hydrogen) atoms. The van der Waals surface area contributed by atoms with Gasteiger partial charge < -0.3 is 10.2 Å². The maximum atomic E-state index is 3.53. The van der Waals surface area contributed by atoms with Crippen molar-refractivity contribution in [1.82, 2.24) is 0 Å². The van der Waals surface area contributed by atoms with Gasteiger partial charge in [-0.25, -0.2) is 0 Å². The van der Waals surface area contributed by atoms with E-state index in [1.807, 2.05) is 11.8 Å². The van der Waals surface area contributed by atoms with E-state index in [1.54, 1.807) is 0 Å². The van der Waals surface area contributed by atoms with Crippen LogP contribution in [0.5, 0.6) is 0 Å². The summed E-state index contributed by atoms with van der Waals surface area (Å²) in [4.78, 5) is 4.71. The summed E-state index contributed by atoms with van der Waals surface area (Å²) in [5.41, 5.74) is 3.63. The Morgan fingerprint density at radius 1 is 0.944 bits per heavy atom. The Morgan fingerprint density at radius 3 is 2.44 bits per heavy atom. The van der Waals surface area contributed by atoms with Crippen LogP contribution in [0, 0.1) is 0 Å². The van der Waals surface area contributed by atoms with Crippen LogP contribution in [0.1, 0.15) is 0 Å². The number of nitrogens with zero attached hydrogens (tertiary/aromatic N) is 1. The topological polar surface area (TPSA) is 15.3 Å². The van der Waals surface area contributed by atoms with Crippen LogP contribution in [0.3, 0.4) is 0 Å². The molecule has 4 heteroatoms. The fourth-order valence-corrected chi connectivity index (χ4v) is 3.03. The molecule has 0 saturated heterocycles. The monoisotopic (exact) mass is 266 g/mol. The van der Waals surface area contributed by atoms with Gasteiger partial charge in [0.1, 0.15) is 0 Å². The van der Waals surface area contributed by atoms with E-state index in [4.69, 9.17) is 0 Å². The van der Waals surface area contributed by atoms with Crippen molar-refractivity contribution in [1.29, 1.82) is 0 Å². The molecule has 0 amide bonds. The molecule has 1 heterocycles. The van der Waals surface area contributed by atoms with Gasteiger partial charge in [0.2, 0.25) is 0 Å². The van der Waals surface area contributed by atoms with Crippen LogP contribution in [-0.2, 0) is 0 Å². The number of benzene rings is 2. The molecule has 0 unspecified atom stereocenters. The number of fused-ring (bicyclic) bond motifs is 2. The minimum absolute atomic E-state index is 0. The summed E-state index contributed by atoms with van der Waals surface area (Å²) in [7, 11) is 4.14. The average Bonchev–Trinajstić information content (AvgIpc) is 2.35. The van der Waals surface area contributed by atoms with Gasteiger partial charge in [0.25, 0.3) is 0 Å². The predicted octanol–water partition coefficient (Wildman–Crippen LogP) is 3.31. The molecule has 0 bridgehead atoms. The Kier molecular flexibility index (Phi) is 4.28. The summed E-state index contributed by atoms with van der Waals surface area (Å²) in [6, 6.07) is 14.8. The second-order valence-corrected chi connectivity index (χ2v) is 5.35. The van der Waals surface area contributed by atoms with Gasteiger partial charge in [-0.3, -0.25) is 0 Å². The van der Waals surface area contributed by atoms with Crippen LogP contribution in [0.2, 0.25) is 0 Å². The Bertz CT molecular complexity index is 569. The van der Waals surface area contributed by atoms with E-state index in [0.29, 0.717) is 0 Å². The third-order valence-electron chi connectivity index (χ3n) is 2.85. The molecular formula is C14H15N2NaS. The zero-order valence-electron chi connectivity index (χ0n) is 9.90. The molecule has 0 radical (unpaired) electrons. The summed E-state index contributed by atoms with van der Waals surface area (Å²) in [5.74, 6) is 0. The van der Waals surface area contributed by atoms with Crippen molar-refractivity contribution in [3.8, 4) is 0 Å². The van der Waals surface area contributed by atoms with Crippen molar-refractivity contribution < 1.29 is 0 Å². The van der Waals surface area contributed by atoms with Gasteiger partial charge in [0.15, 0.2) is 0 Å². The molecule has 1 aliphatic heterocycles. The van der Waals surface area contributed by atoms with E-state index in [2.05, 4.69) is 66.8 Å². The molecule has 0 saturated carbocycles. The van der Waals surface area contributed by atoms with Crippen LogP contribution < -0.4 is 10.2 Å². The number of nitrogens with one attached hydrogen (secondary N) is 1. The standard InChI is InChI=1S/C14H14N2S.Na.H/c1-16(2)11-7-5-9-13-14(11)15-10-6-3-4-8-12(10)17-13;;/h3-9,15H,1-2H3;;. The fraction of sp³-hybridized carbons (Fsp3) is 0.143. The SMILES string of the molecule is CN(C)c1cccc2c1Nc1ccccc1S2.[NaH]. The first-order valence-corrected chi connectivity index (χ1v) is 6.41. The molecule has 2 nitrogen and oxygen atoms in total. The summed E-state index contributed by atoms with van der Waals surface area (Å²) < 4.78 is 0. The molecule has 0 spiro atoms. The quantitative estimate of drug-likeness (QED) is 0.680. The number of hydrogen-bond acceptors (Lipinski definition) is 3. The summed E-state index contributed by atoms with van der Waals surface area (Å²) in [5, 5.41) is 3.53. The van der Waals surface area contributed by atoms with Crippen molar-refractivity contribution in [2.75, 3.05) is 24.3 Å². The Morgan fingerprint density at radius 2 is 1.67 bits per heavy atom. The Balaban J connectivity index is 0.00000120. The molecule has 1 N–H and O–H groups in total. The van der Waals surface area contributed by atoms with E-state index < -0.39 is 0 Å². The van der Waals surface area contributed by atoms with Gasteiger partial charge in [-0.2, -0.15) is 0 Å². The third-order valence-corrected chi connectivity index (χ3v) is 3.99. The van der Waals surface area contributed by atoms with Crippen LogP contribution >= 0.6 is 11.8 Å². The molecule has 88 valence electrons. The predicted molar refractivity (Wildman–Crippen MR) is 81.8 cm³/mol. The van der Waals surface area contributed by atoms with Crippen molar-refractivity contribution in [2.45, 2.75) is 9.79 Å². The van der Waals surface area contributed by atoms with Crippen molar-refractivity contribution in [3.63, 3.8) is 0 Å². The second-order valence-electron chi connectivity index (χ2n) is 4.27. The van der Waals surface area contributed by atoms with Crippen LogP contribution in [0.25, 0.3) is 0 Å². The van der Waals surface area contributed by atoms with Crippen molar-refractivity contribution >= 4 is 58.4 Å². The van der Waals surface area contributed by atoms with Crippen molar-refractivity contribution in [3.05, 3.63) is 42.5 Å². The fourth-order valence-electron chi connectivity index (χ4n) is 2.01. The first-order chi connectivity index (χ1) is 8.25. The summed E-state index contributed by atoms with van der Waals surface area (Å²) in [6.45, 7) is 0. The summed E-state index contributed by atoms with van der Waals surface area (Å²) in [6.07, 6.45) is 0. The first-order valence-electron chi connectivity index (χ1n) is 5.60. The molecule has 3 rings (SSSR count). The molecular weight excluding hydrogens is 251 g/mol. The Hall–Kier alpha value is -0.610. The van der Waals surface area contributed by atoms with E-state index >= 15 is 0 Å². The minimum atomic E-state index is 0. The van der Waals surface area contributed by atoms with Gasteiger partial charge in [-0.15, -0.1) is 0 Å². The molecule has 1 aliphatic rings. The second kappa shape index (κ2) is 5.57. The van der Waals surface area contributed by atoms with Crippen LogP contribution in [-0.4, -0.2) is 43.7 Å². The van der Waals surface area contributed by atoms with Gasteiger partial charge in [0.05, 0.1) is 17.1 Å². The van der Waals surface area contributed by atoms with Gasteiger partial charge in [-0.1, -0.05) is 30.0 Å². The number of para-hydroxylation sites is 2. The molecule has 2 aromatic carbocycles. The number of hydrogen-bond donors (Lipinski definition) is 1. The van der Waals surface area contributed by atoms with E-state index in [0.717, 1.165) is 0 Å². The zero-order chi connectivity index (χ0) is 11.8. The average molecular weight is 266 g/mol. The molecule has 2 aromatic rings. The normalized spacial score (nSPS) is 11.7. The first kappa shape index (κ1) is 13.8. The zero-order valence-corrected chi connectivity index (χ0v) is 10.7. The maximum absolute atomic E-state index is 3.53. The van der Waals surface area contributed by atoms with E-state index in [9.17, 15) is 0 Å². The Labute approximate surface area is 134 Å². The molecule has 0 fully saturated rings. The number of rotatable bonds is 1. The van der Waals surface area contributed by atoms with Gasteiger partial charge in [-0.05, 0) is 24.3 Å². The molecule has 0 atom stereocenters.